The summed E-state index contributed by atoms with van der Waals surface area (Å²) in [5.74, 6) is 0.565. The van der Waals surface area contributed by atoms with E-state index < -0.39 is 10.0 Å². The average molecular weight is 528 g/mol. The van der Waals surface area contributed by atoms with E-state index in [2.05, 4.69) is 40.5 Å². The molecule has 0 atom stereocenters. The van der Waals surface area contributed by atoms with Crippen molar-refractivity contribution >= 4 is 32.6 Å². The first-order chi connectivity index (χ1) is 18.1. The van der Waals surface area contributed by atoms with Crippen LogP contribution in [0.2, 0.25) is 0 Å². The zero-order valence-corrected chi connectivity index (χ0v) is 22.3. The number of nitrogens with one attached hydrogen (secondary N) is 1. The second-order valence-corrected chi connectivity index (χ2v) is 11.6. The molecule has 0 bridgehead atoms. The van der Waals surface area contributed by atoms with Crippen molar-refractivity contribution in [1.29, 1.82) is 0 Å². The maximum absolute atomic E-state index is 12.9. The van der Waals surface area contributed by atoms with Gasteiger partial charge in [-0.2, -0.15) is 0 Å². The SMILES string of the molecule is CCCn1c(SCCNS(=O)(=O)c2ccc3ccccc3c2)nc(-c2ccccc2)c1-c1ccccc1. The number of aromatic nitrogens is 2. The van der Waals surface area contributed by atoms with E-state index in [1.165, 1.54) is 0 Å². The van der Waals surface area contributed by atoms with E-state index in [4.69, 9.17) is 4.98 Å². The second kappa shape index (κ2) is 11.3. The highest BCUT2D eigenvalue weighted by Gasteiger charge is 2.20. The van der Waals surface area contributed by atoms with Crippen molar-refractivity contribution in [3.8, 4) is 22.5 Å². The van der Waals surface area contributed by atoms with Crippen LogP contribution < -0.4 is 4.72 Å². The monoisotopic (exact) mass is 527 g/mol. The van der Waals surface area contributed by atoms with Gasteiger partial charge >= 0.3 is 0 Å². The van der Waals surface area contributed by atoms with Gasteiger partial charge in [-0.3, -0.25) is 0 Å². The Morgan fingerprint density at radius 1 is 0.811 bits per heavy atom. The third kappa shape index (κ3) is 5.64. The lowest BCUT2D eigenvalue weighted by molar-refractivity contribution is 0.584. The van der Waals surface area contributed by atoms with Crippen LogP contribution in [0, 0.1) is 0 Å². The minimum atomic E-state index is -3.61. The molecule has 0 unspecified atom stereocenters. The van der Waals surface area contributed by atoms with E-state index in [0.29, 0.717) is 12.3 Å². The highest BCUT2D eigenvalue weighted by atomic mass is 32.2. The molecule has 0 radical (unpaired) electrons. The average Bonchev–Trinajstić information content (AvgIpc) is 3.30. The molecule has 0 saturated carbocycles. The number of rotatable bonds is 10. The summed E-state index contributed by atoms with van der Waals surface area (Å²) in [6, 6.07) is 33.5. The fourth-order valence-electron chi connectivity index (χ4n) is 4.40. The zero-order chi connectivity index (χ0) is 25.7. The van der Waals surface area contributed by atoms with Crippen molar-refractivity contribution in [2.75, 3.05) is 12.3 Å². The van der Waals surface area contributed by atoms with Crippen LogP contribution in [0.3, 0.4) is 0 Å². The molecule has 0 aliphatic carbocycles. The number of nitrogens with zero attached hydrogens (tertiary/aromatic N) is 2. The summed E-state index contributed by atoms with van der Waals surface area (Å²) in [6.07, 6.45) is 0.965. The summed E-state index contributed by atoms with van der Waals surface area (Å²) in [6.45, 7) is 3.29. The van der Waals surface area contributed by atoms with Gasteiger partial charge in [0.15, 0.2) is 5.16 Å². The standard InChI is InChI=1S/C30H29N3O2S2/c1-2-20-33-29(25-14-7-4-8-15-25)28(24-12-5-3-6-13-24)32-30(33)36-21-19-31-37(34,35)27-18-17-23-11-9-10-16-26(23)22-27/h3-18,22,31H,2,19-21H2,1H3. The van der Waals surface area contributed by atoms with E-state index in [0.717, 1.165) is 51.4 Å². The molecule has 4 aromatic carbocycles. The van der Waals surface area contributed by atoms with Crippen molar-refractivity contribution in [3.05, 3.63) is 103 Å². The first kappa shape index (κ1) is 25.3. The smallest absolute Gasteiger partial charge is 0.240 e. The van der Waals surface area contributed by atoms with Crippen LogP contribution in [0.25, 0.3) is 33.3 Å². The number of fused-ring (bicyclic) bond motifs is 1. The largest absolute Gasteiger partial charge is 0.318 e. The van der Waals surface area contributed by atoms with Gasteiger partial charge in [-0.25, -0.2) is 18.1 Å². The van der Waals surface area contributed by atoms with Crippen LogP contribution in [0.1, 0.15) is 13.3 Å². The summed E-state index contributed by atoms with van der Waals surface area (Å²) in [5.41, 5.74) is 4.22. The molecule has 1 aromatic heterocycles. The van der Waals surface area contributed by atoms with Gasteiger partial charge in [0.2, 0.25) is 10.0 Å². The topological polar surface area (TPSA) is 64.0 Å². The third-order valence-electron chi connectivity index (χ3n) is 6.13. The Morgan fingerprint density at radius 2 is 1.46 bits per heavy atom. The van der Waals surface area contributed by atoms with Gasteiger partial charge in [-0.15, -0.1) is 0 Å². The molecule has 1 heterocycles. The second-order valence-electron chi connectivity index (χ2n) is 8.73. The van der Waals surface area contributed by atoms with Crippen LogP contribution in [0.5, 0.6) is 0 Å². The van der Waals surface area contributed by atoms with Gasteiger partial charge in [0.1, 0.15) is 0 Å². The van der Waals surface area contributed by atoms with Crippen molar-refractivity contribution in [2.24, 2.45) is 0 Å². The van der Waals surface area contributed by atoms with Crippen LogP contribution in [0.15, 0.2) is 113 Å². The van der Waals surface area contributed by atoms with Crippen molar-refractivity contribution in [1.82, 2.24) is 14.3 Å². The van der Waals surface area contributed by atoms with E-state index in [-0.39, 0.29) is 4.90 Å². The predicted octanol–water partition coefficient (Wildman–Crippen LogP) is 6.85. The minimum Gasteiger partial charge on any atom is -0.318 e. The van der Waals surface area contributed by atoms with Crippen molar-refractivity contribution in [2.45, 2.75) is 29.9 Å². The normalized spacial score (nSPS) is 11.7. The number of benzene rings is 4. The van der Waals surface area contributed by atoms with Crippen LogP contribution >= 0.6 is 11.8 Å². The van der Waals surface area contributed by atoms with Crippen LogP contribution in [-0.2, 0) is 16.6 Å². The van der Waals surface area contributed by atoms with Crippen LogP contribution in [-0.4, -0.2) is 30.3 Å². The van der Waals surface area contributed by atoms with Gasteiger partial charge in [0, 0.05) is 30.0 Å². The Hall–Kier alpha value is -3.39. The Balaban J connectivity index is 1.37. The van der Waals surface area contributed by atoms with E-state index in [9.17, 15) is 8.42 Å². The highest BCUT2D eigenvalue weighted by Crippen LogP contribution is 2.36. The molecule has 0 fully saturated rings. The van der Waals surface area contributed by atoms with E-state index in [1.54, 1.807) is 23.9 Å². The molecule has 0 aliphatic heterocycles. The summed E-state index contributed by atoms with van der Waals surface area (Å²) in [5, 5.41) is 2.82. The molecule has 0 spiro atoms. The van der Waals surface area contributed by atoms with E-state index in [1.807, 2.05) is 66.7 Å². The molecule has 5 aromatic rings. The number of thioether (sulfide) groups is 1. The Bertz CT molecular complexity index is 1600. The molecule has 5 rings (SSSR count). The molecule has 188 valence electrons. The Kier molecular flexibility index (Phi) is 7.74. The van der Waals surface area contributed by atoms with Gasteiger partial charge in [-0.1, -0.05) is 110 Å². The van der Waals surface area contributed by atoms with Gasteiger partial charge < -0.3 is 4.57 Å². The molecule has 0 aliphatic rings. The number of sulfonamides is 1. The van der Waals surface area contributed by atoms with Crippen LogP contribution in [0.4, 0.5) is 0 Å². The summed E-state index contributed by atoms with van der Waals surface area (Å²) in [7, 11) is -3.61. The van der Waals surface area contributed by atoms with Gasteiger partial charge in [0.25, 0.3) is 0 Å². The number of imidazole rings is 1. The maximum atomic E-state index is 12.9. The van der Waals surface area contributed by atoms with E-state index >= 15 is 0 Å². The summed E-state index contributed by atoms with van der Waals surface area (Å²) in [4.78, 5) is 5.33. The van der Waals surface area contributed by atoms with Gasteiger partial charge in [0.05, 0.1) is 16.3 Å². The fraction of sp³-hybridized carbons (Fsp3) is 0.167. The zero-order valence-electron chi connectivity index (χ0n) is 20.7. The molecule has 37 heavy (non-hydrogen) atoms. The highest BCUT2D eigenvalue weighted by molar-refractivity contribution is 7.99. The molecule has 5 nitrogen and oxygen atoms in total. The lowest BCUT2D eigenvalue weighted by atomic mass is 10.0. The minimum absolute atomic E-state index is 0.279. The molecular weight excluding hydrogens is 498 g/mol. The summed E-state index contributed by atoms with van der Waals surface area (Å²) >= 11 is 1.57. The Morgan fingerprint density at radius 3 is 2.16 bits per heavy atom. The quantitative estimate of drug-likeness (QED) is 0.159. The lowest BCUT2D eigenvalue weighted by Gasteiger charge is -2.12. The maximum Gasteiger partial charge on any atom is 0.240 e. The molecular formula is C30H29N3O2S2. The molecule has 7 heteroatoms. The van der Waals surface area contributed by atoms with Crippen molar-refractivity contribution in [3.63, 3.8) is 0 Å². The summed E-state index contributed by atoms with van der Waals surface area (Å²) < 4.78 is 30.9. The first-order valence-electron chi connectivity index (χ1n) is 12.4. The third-order valence-corrected chi connectivity index (χ3v) is 8.57. The fourth-order valence-corrected chi connectivity index (χ4v) is 6.47. The number of hydrogen-bond acceptors (Lipinski definition) is 4. The Labute approximate surface area is 222 Å². The molecule has 1 N–H and O–H groups in total. The first-order valence-corrected chi connectivity index (χ1v) is 14.9. The van der Waals surface area contributed by atoms with Crippen molar-refractivity contribution < 1.29 is 8.42 Å². The molecule has 0 saturated heterocycles. The predicted molar refractivity (Wildman–Crippen MR) is 153 cm³/mol. The molecule has 0 amide bonds. The lowest BCUT2D eigenvalue weighted by Crippen LogP contribution is -2.26. The number of hydrogen-bond donors (Lipinski definition) is 1. The van der Waals surface area contributed by atoms with Gasteiger partial charge in [-0.05, 0) is 29.3 Å².